The van der Waals surface area contributed by atoms with Crippen LogP contribution in [0, 0.1) is 18.6 Å². The van der Waals surface area contributed by atoms with Crippen LogP contribution in [-0.2, 0) is 9.59 Å². The van der Waals surface area contributed by atoms with Gasteiger partial charge in [-0.25, -0.2) is 13.8 Å². The Labute approximate surface area is 205 Å². The fraction of sp³-hybridized carbons (Fsp3) is 0.185. The largest absolute Gasteiger partial charge is 0.326 e. The second-order valence-electron chi connectivity index (χ2n) is 8.39. The molecule has 36 heavy (non-hydrogen) atoms. The Balaban J connectivity index is 1.92. The minimum atomic E-state index is -1.05. The maximum atomic E-state index is 14.2. The predicted octanol–water partition coefficient (Wildman–Crippen LogP) is 5.20. The Bertz CT molecular complexity index is 1550. The fourth-order valence-corrected chi connectivity index (χ4v) is 4.09. The smallest absolute Gasteiger partial charge is 0.278 e. The molecule has 0 spiro atoms. The molecular weight excluding hydrogens is 466 g/mol. The quantitative estimate of drug-likeness (QED) is 0.389. The van der Waals surface area contributed by atoms with E-state index < -0.39 is 29.1 Å². The monoisotopic (exact) mass is 490 g/mol. The number of halogens is 2. The number of nitrogens with zero attached hydrogens (tertiary/aromatic N) is 2. The molecule has 0 unspecified atom stereocenters. The molecule has 4 aromatic rings. The van der Waals surface area contributed by atoms with Gasteiger partial charge in [0.25, 0.3) is 5.56 Å². The first kappa shape index (κ1) is 24.7. The number of anilines is 2. The molecule has 0 aliphatic carbocycles. The second kappa shape index (κ2) is 10.1. The lowest BCUT2D eigenvalue weighted by molar-refractivity contribution is -0.119. The minimum Gasteiger partial charge on any atom is -0.326 e. The summed E-state index contributed by atoms with van der Waals surface area (Å²) in [4.78, 5) is 43.5. The maximum absolute atomic E-state index is 14.2. The zero-order valence-corrected chi connectivity index (χ0v) is 19.9. The van der Waals surface area contributed by atoms with Gasteiger partial charge in [0.05, 0.1) is 22.4 Å². The molecule has 2 amide bonds. The molecule has 4 rings (SSSR count). The van der Waals surface area contributed by atoms with Gasteiger partial charge < -0.3 is 10.6 Å². The van der Waals surface area contributed by atoms with Gasteiger partial charge in [-0.05, 0) is 49.7 Å². The van der Waals surface area contributed by atoms with Gasteiger partial charge in [-0.2, -0.15) is 0 Å². The molecule has 1 aromatic heterocycles. The molecule has 1 atom stereocenters. The summed E-state index contributed by atoms with van der Waals surface area (Å²) in [6.45, 7) is 4.91. The van der Waals surface area contributed by atoms with Crippen molar-refractivity contribution in [1.82, 2.24) is 9.55 Å². The van der Waals surface area contributed by atoms with Crippen LogP contribution in [0.1, 0.15) is 31.9 Å². The average Bonchev–Trinajstić information content (AvgIpc) is 2.84. The number of hydrogen-bond donors (Lipinski definition) is 2. The van der Waals surface area contributed by atoms with Crippen molar-refractivity contribution in [2.45, 2.75) is 33.2 Å². The zero-order chi connectivity index (χ0) is 26.0. The summed E-state index contributed by atoms with van der Waals surface area (Å²) in [6, 6.07) is 13.7. The molecule has 3 aromatic carbocycles. The Morgan fingerprint density at radius 1 is 1.00 bits per heavy atom. The average molecular weight is 491 g/mol. The number of aryl methyl sites for hydroxylation is 1. The van der Waals surface area contributed by atoms with Gasteiger partial charge in [0.1, 0.15) is 23.4 Å². The molecule has 0 aliphatic heterocycles. The Morgan fingerprint density at radius 2 is 1.75 bits per heavy atom. The molecule has 0 saturated heterocycles. The van der Waals surface area contributed by atoms with Crippen molar-refractivity contribution in [2.24, 2.45) is 0 Å². The van der Waals surface area contributed by atoms with E-state index in [0.29, 0.717) is 22.3 Å². The Hall–Kier alpha value is -4.40. The van der Waals surface area contributed by atoms with Gasteiger partial charge in [0.15, 0.2) is 0 Å². The van der Waals surface area contributed by atoms with Crippen LogP contribution in [0.3, 0.4) is 0 Å². The number of carbonyl (C=O) groups excluding carboxylic acids is 2. The fourth-order valence-electron chi connectivity index (χ4n) is 4.09. The summed E-state index contributed by atoms with van der Waals surface area (Å²) in [7, 11) is 0. The highest BCUT2D eigenvalue weighted by Gasteiger charge is 2.26. The molecule has 184 valence electrons. The number of nitrogens with one attached hydrogen (secondary N) is 2. The Kier molecular flexibility index (Phi) is 6.91. The second-order valence-corrected chi connectivity index (χ2v) is 8.39. The first-order chi connectivity index (χ1) is 17.2. The van der Waals surface area contributed by atoms with Crippen LogP contribution in [0.4, 0.5) is 20.2 Å². The number of aromatic nitrogens is 2. The van der Waals surface area contributed by atoms with Gasteiger partial charge in [-0.15, -0.1) is 0 Å². The first-order valence-electron chi connectivity index (χ1n) is 11.4. The van der Waals surface area contributed by atoms with Crippen molar-refractivity contribution >= 4 is 34.2 Å². The van der Waals surface area contributed by atoms with Crippen molar-refractivity contribution in [2.75, 3.05) is 10.6 Å². The molecule has 0 aliphatic rings. The highest BCUT2D eigenvalue weighted by atomic mass is 19.1. The third-order valence-electron chi connectivity index (χ3n) is 5.72. The van der Waals surface area contributed by atoms with E-state index in [4.69, 9.17) is 0 Å². The number of fused-ring (bicyclic) bond motifs is 1. The van der Waals surface area contributed by atoms with Crippen LogP contribution in [-0.4, -0.2) is 21.4 Å². The highest BCUT2D eigenvalue weighted by molar-refractivity contribution is 5.96. The number of benzene rings is 3. The molecule has 0 radical (unpaired) electrons. The van der Waals surface area contributed by atoms with Crippen molar-refractivity contribution in [3.63, 3.8) is 0 Å². The normalized spacial score (nSPS) is 11.8. The number of para-hydroxylation sites is 2. The lowest BCUT2D eigenvalue weighted by Crippen LogP contribution is -2.35. The number of amides is 2. The summed E-state index contributed by atoms with van der Waals surface area (Å²) < 4.78 is 29.2. The minimum absolute atomic E-state index is 0.0457. The Morgan fingerprint density at radius 3 is 2.47 bits per heavy atom. The standard InChI is InChI=1S/C27H24F2N4O3/c1-4-23(26(35)32-22-14-17(28)10-11-19(22)29)33-24-8-6-5-7-21(24)31-25(27(33)36)18-13-15(2)9-12-20(18)30-16(3)34/h5-14,23H,4H2,1-3H3,(H,30,34)(H,32,35)/t23-/m1/s1. The van der Waals surface area contributed by atoms with Crippen molar-refractivity contribution in [3.8, 4) is 11.3 Å². The summed E-state index contributed by atoms with van der Waals surface area (Å²) in [5.74, 6) is -2.51. The maximum Gasteiger partial charge on any atom is 0.278 e. The van der Waals surface area contributed by atoms with E-state index in [1.807, 2.05) is 6.92 Å². The van der Waals surface area contributed by atoms with Gasteiger partial charge in [0.2, 0.25) is 11.8 Å². The first-order valence-corrected chi connectivity index (χ1v) is 11.4. The van der Waals surface area contributed by atoms with Crippen LogP contribution < -0.4 is 16.2 Å². The van der Waals surface area contributed by atoms with E-state index >= 15 is 0 Å². The topological polar surface area (TPSA) is 93.1 Å². The van der Waals surface area contributed by atoms with Gasteiger partial charge in [-0.3, -0.25) is 19.0 Å². The lowest BCUT2D eigenvalue weighted by Gasteiger charge is -2.22. The number of hydrogen-bond acceptors (Lipinski definition) is 4. The molecule has 0 fully saturated rings. The summed E-state index contributed by atoms with van der Waals surface area (Å²) >= 11 is 0. The summed E-state index contributed by atoms with van der Waals surface area (Å²) in [5.41, 5.74) is 1.66. The van der Waals surface area contributed by atoms with Gasteiger partial charge >= 0.3 is 0 Å². The predicted molar refractivity (Wildman–Crippen MR) is 135 cm³/mol. The van der Waals surface area contributed by atoms with Crippen LogP contribution in [0.15, 0.2) is 65.5 Å². The highest BCUT2D eigenvalue weighted by Crippen LogP contribution is 2.29. The van der Waals surface area contributed by atoms with E-state index in [0.717, 1.165) is 23.8 Å². The van der Waals surface area contributed by atoms with Crippen LogP contribution in [0.2, 0.25) is 0 Å². The number of carbonyl (C=O) groups is 2. The molecule has 0 bridgehead atoms. The van der Waals surface area contributed by atoms with E-state index in [1.54, 1.807) is 49.4 Å². The lowest BCUT2D eigenvalue weighted by atomic mass is 10.0. The molecule has 7 nitrogen and oxygen atoms in total. The molecular formula is C27H24F2N4O3. The van der Waals surface area contributed by atoms with Crippen molar-refractivity contribution in [1.29, 1.82) is 0 Å². The van der Waals surface area contributed by atoms with Crippen molar-refractivity contribution in [3.05, 3.63) is 88.2 Å². The van der Waals surface area contributed by atoms with Crippen molar-refractivity contribution < 1.29 is 18.4 Å². The van der Waals surface area contributed by atoms with Crippen LogP contribution in [0.5, 0.6) is 0 Å². The third kappa shape index (κ3) is 4.86. The van der Waals surface area contributed by atoms with E-state index in [9.17, 15) is 23.2 Å². The zero-order valence-electron chi connectivity index (χ0n) is 19.9. The van der Waals surface area contributed by atoms with Crippen LogP contribution >= 0.6 is 0 Å². The summed E-state index contributed by atoms with van der Waals surface area (Å²) in [6.07, 6.45) is 0.183. The number of rotatable bonds is 6. The molecule has 1 heterocycles. The van der Waals surface area contributed by atoms with Gasteiger partial charge in [0, 0.05) is 18.6 Å². The molecule has 2 N–H and O–H groups in total. The van der Waals surface area contributed by atoms with Gasteiger partial charge in [-0.1, -0.05) is 30.7 Å². The SMILES string of the molecule is CC[C@H](C(=O)Nc1cc(F)ccc1F)n1c(=O)c(-c2cc(C)ccc2NC(C)=O)nc2ccccc21. The molecule has 0 saturated carbocycles. The van der Waals surface area contributed by atoms with E-state index in [2.05, 4.69) is 15.6 Å². The van der Waals surface area contributed by atoms with E-state index in [1.165, 1.54) is 11.5 Å². The summed E-state index contributed by atoms with van der Waals surface area (Å²) in [5, 5.41) is 5.13. The van der Waals surface area contributed by atoms with Crippen LogP contribution in [0.25, 0.3) is 22.3 Å². The van der Waals surface area contributed by atoms with E-state index in [-0.39, 0.29) is 23.7 Å². The third-order valence-corrected chi connectivity index (χ3v) is 5.72. The molecule has 9 heteroatoms.